The summed E-state index contributed by atoms with van der Waals surface area (Å²) in [7, 11) is 0. The van der Waals surface area contributed by atoms with Crippen LogP contribution in [-0.4, -0.2) is 33.6 Å². The molecule has 0 radical (unpaired) electrons. The van der Waals surface area contributed by atoms with Crippen LogP contribution >= 0.6 is 0 Å². The Morgan fingerprint density at radius 2 is 2.47 bits per heavy atom. The van der Waals surface area contributed by atoms with Gasteiger partial charge in [0.2, 0.25) is 0 Å². The van der Waals surface area contributed by atoms with E-state index in [1.54, 1.807) is 6.92 Å². The minimum absolute atomic E-state index is 0.127. The summed E-state index contributed by atoms with van der Waals surface area (Å²) in [6.45, 7) is 2.04. The van der Waals surface area contributed by atoms with Crippen LogP contribution in [0.25, 0.3) is 0 Å². The molecule has 0 amide bonds. The Hall–Kier alpha value is -1.56. The van der Waals surface area contributed by atoms with Crippen LogP contribution in [0.3, 0.4) is 0 Å². The van der Waals surface area contributed by atoms with Gasteiger partial charge in [-0.2, -0.15) is 5.10 Å². The zero-order valence-electron chi connectivity index (χ0n) is 9.80. The molecule has 1 aromatic heterocycles. The lowest BCUT2D eigenvalue weighted by molar-refractivity contribution is 0.0527. The molecule has 6 heteroatoms. The van der Waals surface area contributed by atoms with Crippen molar-refractivity contribution in [2.45, 2.75) is 38.3 Å². The summed E-state index contributed by atoms with van der Waals surface area (Å²) in [6, 6.07) is -0.127. The van der Waals surface area contributed by atoms with E-state index in [0.717, 1.165) is 19.3 Å². The first kappa shape index (κ1) is 11.9. The number of carbonyl (C=O) groups excluding carboxylic acids is 1. The number of rotatable bonds is 3. The molecule has 1 aliphatic rings. The van der Waals surface area contributed by atoms with Gasteiger partial charge in [-0.25, -0.2) is 9.48 Å². The maximum absolute atomic E-state index is 11.6. The maximum Gasteiger partial charge on any atom is 0.343 e. The van der Waals surface area contributed by atoms with Gasteiger partial charge >= 0.3 is 5.97 Å². The summed E-state index contributed by atoms with van der Waals surface area (Å²) in [5.41, 5.74) is 6.13. The van der Waals surface area contributed by atoms with Crippen LogP contribution in [0, 0.1) is 0 Å². The van der Waals surface area contributed by atoms with E-state index >= 15 is 0 Å². The van der Waals surface area contributed by atoms with Crippen molar-refractivity contribution in [3.63, 3.8) is 0 Å². The molecule has 94 valence electrons. The largest absolute Gasteiger partial charge is 0.462 e. The number of aliphatic hydroxyl groups is 1. The van der Waals surface area contributed by atoms with Crippen LogP contribution in [0.5, 0.6) is 0 Å². The number of aromatic nitrogens is 2. The number of carbonyl (C=O) groups is 1. The highest BCUT2D eigenvalue weighted by molar-refractivity contribution is 5.94. The number of anilines is 1. The van der Waals surface area contributed by atoms with E-state index in [1.807, 2.05) is 0 Å². The van der Waals surface area contributed by atoms with E-state index in [4.69, 9.17) is 10.5 Å². The molecule has 1 heterocycles. The van der Waals surface area contributed by atoms with E-state index in [1.165, 1.54) is 10.9 Å². The maximum atomic E-state index is 11.6. The summed E-state index contributed by atoms with van der Waals surface area (Å²) >= 11 is 0. The Bertz CT molecular complexity index is 416. The average Bonchev–Trinajstić information content (AvgIpc) is 2.85. The fourth-order valence-corrected chi connectivity index (χ4v) is 2.21. The Labute approximate surface area is 99.4 Å². The molecule has 0 aliphatic heterocycles. The van der Waals surface area contributed by atoms with E-state index in [2.05, 4.69) is 5.10 Å². The van der Waals surface area contributed by atoms with Crippen molar-refractivity contribution in [2.24, 2.45) is 0 Å². The lowest BCUT2D eigenvalue weighted by atomic mass is 10.2. The molecular weight excluding hydrogens is 222 g/mol. The minimum atomic E-state index is -0.469. The van der Waals surface area contributed by atoms with Gasteiger partial charge < -0.3 is 15.6 Å². The van der Waals surface area contributed by atoms with Gasteiger partial charge in [0.05, 0.1) is 24.9 Å². The first-order valence-electron chi connectivity index (χ1n) is 5.83. The van der Waals surface area contributed by atoms with Crippen LogP contribution in [0.2, 0.25) is 0 Å². The van der Waals surface area contributed by atoms with E-state index < -0.39 is 12.1 Å². The van der Waals surface area contributed by atoms with Crippen molar-refractivity contribution in [3.8, 4) is 0 Å². The molecule has 2 unspecified atom stereocenters. The topological polar surface area (TPSA) is 90.4 Å². The Morgan fingerprint density at radius 3 is 3.06 bits per heavy atom. The summed E-state index contributed by atoms with van der Waals surface area (Å²) in [5, 5.41) is 13.9. The number of nitrogens with two attached hydrogens (primary N) is 1. The zero-order valence-corrected chi connectivity index (χ0v) is 9.80. The van der Waals surface area contributed by atoms with E-state index in [9.17, 15) is 9.90 Å². The minimum Gasteiger partial charge on any atom is -0.462 e. The molecule has 1 aliphatic carbocycles. The number of hydrogen-bond acceptors (Lipinski definition) is 5. The molecule has 0 bridgehead atoms. The molecule has 1 saturated carbocycles. The van der Waals surface area contributed by atoms with Crippen LogP contribution in [0.4, 0.5) is 5.82 Å². The standard InChI is InChI=1S/C11H17N3O3/c1-2-17-11(16)7-6-13-14(10(7)12)8-4-3-5-9(8)15/h6,8-9,15H,2-5,12H2,1H3. The number of nitrogens with zero attached hydrogens (tertiary/aromatic N) is 2. The van der Waals surface area contributed by atoms with Gasteiger partial charge in [0.15, 0.2) is 0 Å². The van der Waals surface area contributed by atoms with Gasteiger partial charge in [0.1, 0.15) is 11.4 Å². The third kappa shape index (κ3) is 2.12. The third-order valence-electron chi connectivity index (χ3n) is 3.09. The normalized spacial score (nSPS) is 23.9. The van der Waals surface area contributed by atoms with Gasteiger partial charge in [-0.05, 0) is 26.2 Å². The van der Waals surface area contributed by atoms with Crippen molar-refractivity contribution in [3.05, 3.63) is 11.8 Å². The van der Waals surface area contributed by atoms with Crippen LogP contribution in [0.1, 0.15) is 42.6 Å². The quantitative estimate of drug-likeness (QED) is 0.759. The van der Waals surface area contributed by atoms with Crippen molar-refractivity contribution in [2.75, 3.05) is 12.3 Å². The number of esters is 1. The molecule has 1 aromatic rings. The summed E-state index contributed by atoms with van der Waals surface area (Å²) in [6.07, 6.45) is 3.49. The molecule has 2 atom stereocenters. The second-order valence-corrected chi connectivity index (χ2v) is 4.17. The van der Waals surface area contributed by atoms with E-state index in [-0.39, 0.29) is 17.4 Å². The molecule has 1 fully saturated rings. The van der Waals surface area contributed by atoms with Gasteiger partial charge in [0, 0.05) is 0 Å². The number of ether oxygens (including phenoxy) is 1. The average molecular weight is 239 g/mol. The Morgan fingerprint density at radius 1 is 1.71 bits per heavy atom. The highest BCUT2D eigenvalue weighted by atomic mass is 16.5. The zero-order chi connectivity index (χ0) is 12.4. The molecule has 0 spiro atoms. The molecule has 0 aromatic carbocycles. The molecule has 0 saturated heterocycles. The van der Waals surface area contributed by atoms with Crippen LogP contribution in [-0.2, 0) is 4.74 Å². The van der Waals surface area contributed by atoms with Gasteiger partial charge in [-0.1, -0.05) is 0 Å². The van der Waals surface area contributed by atoms with Crippen molar-refractivity contribution in [1.29, 1.82) is 0 Å². The number of hydrogen-bond donors (Lipinski definition) is 2. The molecule has 3 N–H and O–H groups in total. The van der Waals surface area contributed by atoms with Crippen molar-refractivity contribution < 1.29 is 14.6 Å². The second kappa shape index (κ2) is 4.75. The summed E-state index contributed by atoms with van der Waals surface area (Å²) in [5.74, 6) is -0.196. The third-order valence-corrected chi connectivity index (χ3v) is 3.09. The predicted octanol–water partition coefficient (Wildman–Crippen LogP) is 0.728. The lowest BCUT2D eigenvalue weighted by Gasteiger charge is -2.16. The smallest absolute Gasteiger partial charge is 0.343 e. The predicted molar refractivity (Wildman–Crippen MR) is 61.5 cm³/mol. The molecule has 6 nitrogen and oxygen atoms in total. The Kier molecular flexibility index (Phi) is 3.33. The molecule has 17 heavy (non-hydrogen) atoms. The highest BCUT2D eigenvalue weighted by Gasteiger charge is 2.30. The van der Waals surface area contributed by atoms with Crippen molar-refractivity contribution >= 4 is 11.8 Å². The van der Waals surface area contributed by atoms with Gasteiger partial charge in [-0.15, -0.1) is 0 Å². The van der Waals surface area contributed by atoms with Crippen LogP contribution < -0.4 is 5.73 Å². The Balaban J connectivity index is 2.23. The summed E-state index contributed by atoms with van der Waals surface area (Å²) < 4.78 is 6.41. The number of aliphatic hydroxyl groups excluding tert-OH is 1. The first-order valence-corrected chi connectivity index (χ1v) is 5.83. The number of nitrogen functional groups attached to an aromatic ring is 1. The highest BCUT2D eigenvalue weighted by Crippen LogP contribution is 2.32. The van der Waals surface area contributed by atoms with E-state index in [0.29, 0.717) is 6.61 Å². The molecule has 2 rings (SSSR count). The SMILES string of the molecule is CCOC(=O)c1cnn(C2CCCC2O)c1N. The second-order valence-electron chi connectivity index (χ2n) is 4.17. The first-order chi connectivity index (χ1) is 8.15. The fourth-order valence-electron chi connectivity index (χ4n) is 2.21. The fraction of sp³-hybridized carbons (Fsp3) is 0.636. The molecular formula is C11H17N3O3. The summed E-state index contributed by atoms with van der Waals surface area (Å²) in [4.78, 5) is 11.6. The van der Waals surface area contributed by atoms with Crippen LogP contribution in [0.15, 0.2) is 6.20 Å². The lowest BCUT2D eigenvalue weighted by Crippen LogP contribution is -2.21. The van der Waals surface area contributed by atoms with Gasteiger partial charge in [-0.3, -0.25) is 0 Å². The monoisotopic (exact) mass is 239 g/mol. The van der Waals surface area contributed by atoms with Gasteiger partial charge in [0.25, 0.3) is 0 Å². The van der Waals surface area contributed by atoms with Crippen molar-refractivity contribution in [1.82, 2.24) is 9.78 Å².